The molecular weight excluding hydrogens is 312 g/mol. The summed E-state index contributed by atoms with van der Waals surface area (Å²) in [7, 11) is 2.72. The van der Waals surface area contributed by atoms with Crippen molar-refractivity contribution in [2.75, 3.05) is 20.0 Å². The van der Waals surface area contributed by atoms with Gasteiger partial charge in [-0.3, -0.25) is 14.9 Å². The molecule has 0 aromatic heterocycles. The first-order chi connectivity index (χ1) is 10.5. The van der Waals surface area contributed by atoms with Crippen LogP contribution in [0.25, 0.3) is 0 Å². The van der Waals surface area contributed by atoms with Crippen molar-refractivity contribution in [2.24, 2.45) is 10.2 Å². The fraction of sp³-hybridized carbons (Fsp3) is 0.250. The molecule has 1 aromatic rings. The van der Waals surface area contributed by atoms with Crippen molar-refractivity contribution in [2.45, 2.75) is 0 Å². The van der Waals surface area contributed by atoms with Gasteiger partial charge in [-0.2, -0.15) is 5.10 Å². The number of thioether (sulfide) groups is 1. The number of nitro groups is 1. The van der Waals surface area contributed by atoms with Gasteiger partial charge in [0.2, 0.25) is 5.91 Å². The van der Waals surface area contributed by atoms with Gasteiger partial charge < -0.3 is 14.8 Å². The number of carbonyl (C=O) groups excluding carboxylic acids is 1. The van der Waals surface area contributed by atoms with E-state index in [9.17, 15) is 14.9 Å². The van der Waals surface area contributed by atoms with E-state index in [-0.39, 0.29) is 23.1 Å². The zero-order chi connectivity index (χ0) is 16.1. The molecule has 9 nitrogen and oxygen atoms in total. The summed E-state index contributed by atoms with van der Waals surface area (Å²) in [6.45, 7) is 0. The van der Waals surface area contributed by atoms with Gasteiger partial charge >= 0.3 is 5.69 Å². The van der Waals surface area contributed by atoms with Crippen molar-refractivity contribution in [1.82, 2.24) is 5.32 Å². The molecule has 2 rings (SSSR count). The SMILES string of the molecule is COc1cc([N+](=O)[O-])c(OC)cc1C=NN=C1NC(=O)CS1. The van der Waals surface area contributed by atoms with E-state index in [0.29, 0.717) is 16.5 Å². The number of rotatable bonds is 5. The number of amides is 1. The van der Waals surface area contributed by atoms with E-state index in [1.807, 2.05) is 0 Å². The Bertz CT molecular complexity index is 674. The molecule has 0 saturated carbocycles. The Morgan fingerprint density at radius 1 is 1.36 bits per heavy atom. The van der Waals surface area contributed by atoms with Gasteiger partial charge in [0, 0.05) is 5.56 Å². The first-order valence-corrected chi connectivity index (χ1v) is 6.97. The van der Waals surface area contributed by atoms with Gasteiger partial charge in [-0.1, -0.05) is 11.8 Å². The average molecular weight is 324 g/mol. The van der Waals surface area contributed by atoms with Crippen LogP contribution in [0, 0.1) is 10.1 Å². The van der Waals surface area contributed by atoms with Gasteiger partial charge in [0.1, 0.15) is 5.75 Å². The molecule has 1 saturated heterocycles. The van der Waals surface area contributed by atoms with E-state index in [2.05, 4.69) is 15.5 Å². The summed E-state index contributed by atoms with van der Waals surface area (Å²) in [5.41, 5.74) is 0.255. The van der Waals surface area contributed by atoms with E-state index in [0.717, 1.165) is 0 Å². The van der Waals surface area contributed by atoms with E-state index in [4.69, 9.17) is 9.47 Å². The van der Waals surface area contributed by atoms with Crippen LogP contribution in [0.2, 0.25) is 0 Å². The fourth-order valence-corrected chi connectivity index (χ4v) is 2.30. The standard InChI is InChI=1S/C12H12N4O5S/c1-20-9-4-8(16(18)19)10(21-2)3-7(9)5-13-15-12-14-11(17)6-22-12/h3-5H,6H2,1-2H3,(H,14,15,17). The molecule has 1 amide bonds. The van der Waals surface area contributed by atoms with Gasteiger partial charge in [-0.15, -0.1) is 5.10 Å². The summed E-state index contributed by atoms with van der Waals surface area (Å²) in [5.74, 6) is 0.528. The van der Waals surface area contributed by atoms with Gasteiger partial charge in [-0.05, 0) is 6.07 Å². The largest absolute Gasteiger partial charge is 0.496 e. The molecule has 1 aliphatic rings. The van der Waals surface area contributed by atoms with Gasteiger partial charge in [0.25, 0.3) is 0 Å². The molecular formula is C12H12N4O5S. The zero-order valence-electron chi connectivity index (χ0n) is 11.7. The number of hydrogen-bond acceptors (Lipinski definition) is 8. The number of hydrogen-bond donors (Lipinski definition) is 1. The highest BCUT2D eigenvalue weighted by molar-refractivity contribution is 8.15. The Morgan fingerprint density at radius 3 is 2.64 bits per heavy atom. The normalized spacial score (nSPS) is 16.1. The average Bonchev–Trinajstić information content (AvgIpc) is 2.91. The third-order valence-electron chi connectivity index (χ3n) is 2.66. The molecule has 22 heavy (non-hydrogen) atoms. The first-order valence-electron chi connectivity index (χ1n) is 5.99. The van der Waals surface area contributed by atoms with Crippen molar-refractivity contribution in [3.8, 4) is 11.5 Å². The minimum Gasteiger partial charge on any atom is -0.496 e. The van der Waals surface area contributed by atoms with Crippen LogP contribution in [0.15, 0.2) is 22.3 Å². The van der Waals surface area contributed by atoms with Crippen LogP contribution < -0.4 is 14.8 Å². The summed E-state index contributed by atoms with van der Waals surface area (Å²) in [6, 6.07) is 2.68. The number of carbonyl (C=O) groups is 1. The van der Waals surface area contributed by atoms with Crippen LogP contribution in [0.5, 0.6) is 11.5 Å². The molecule has 116 valence electrons. The predicted molar refractivity (Wildman–Crippen MR) is 81.8 cm³/mol. The lowest BCUT2D eigenvalue weighted by Gasteiger charge is -2.07. The Morgan fingerprint density at radius 2 is 2.09 bits per heavy atom. The maximum atomic E-state index is 11.0. The number of amidine groups is 1. The molecule has 10 heteroatoms. The lowest BCUT2D eigenvalue weighted by molar-refractivity contribution is -0.385. The Kier molecular flexibility index (Phi) is 4.94. The number of nitrogens with zero attached hydrogens (tertiary/aromatic N) is 3. The highest BCUT2D eigenvalue weighted by Crippen LogP contribution is 2.33. The molecule has 0 unspecified atom stereocenters. The van der Waals surface area contributed by atoms with Crippen LogP contribution in [-0.2, 0) is 4.79 Å². The van der Waals surface area contributed by atoms with Crippen LogP contribution in [0.1, 0.15) is 5.56 Å². The molecule has 1 N–H and O–H groups in total. The lowest BCUT2D eigenvalue weighted by Crippen LogP contribution is -2.19. The number of benzene rings is 1. The van der Waals surface area contributed by atoms with Crippen LogP contribution >= 0.6 is 11.8 Å². The number of methoxy groups -OCH3 is 2. The van der Waals surface area contributed by atoms with Crippen molar-refractivity contribution < 1.29 is 19.2 Å². The quantitative estimate of drug-likeness (QED) is 0.494. The van der Waals surface area contributed by atoms with Crippen molar-refractivity contribution >= 4 is 34.7 Å². The Hall–Kier alpha value is -2.62. The zero-order valence-corrected chi connectivity index (χ0v) is 12.5. The fourth-order valence-electron chi connectivity index (χ4n) is 1.67. The summed E-state index contributed by atoms with van der Waals surface area (Å²) in [5, 5.41) is 21.6. The molecule has 1 heterocycles. The van der Waals surface area contributed by atoms with Gasteiger partial charge in [0.15, 0.2) is 10.9 Å². The molecule has 1 aromatic carbocycles. The van der Waals surface area contributed by atoms with Gasteiger partial charge in [0.05, 0.1) is 37.2 Å². The number of ether oxygens (including phenoxy) is 2. The van der Waals surface area contributed by atoms with E-state index >= 15 is 0 Å². The van der Waals surface area contributed by atoms with Crippen LogP contribution in [0.4, 0.5) is 5.69 Å². The van der Waals surface area contributed by atoms with Gasteiger partial charge in [-0.25, -0.2) is 0 Å². The summed E-state index contributed by atoms with van der Waals surface area (Å²) in [4.78, 5) is 21.4. The smallest absolute Gasteiger partial charge is 0.314 e. The minimum atomic E-state index is -0.562. The van der Waals surface area contributed by atoms with E-state index in [1.165, 1.54) is 44.3 Å². The highest BCUT2D eigenvalue weighted by Gasteiger charge is 2.19. The molecule has 1 aliphatic heterocycles. The number of nitro benzene ring substituents is 1. The van der Waals surface area contributed by atoms with E-state index < -0.39 is 4.92 Å². The topological polar surface area (TPSA) is 115 Å². The maximum absolute atomic E-state index is 11.0. The second-order valence-corrected chi connectivity index (χ2v) is 4.97. The van der Waals surface area contributed by atoms with Crippen LogP contribution in [-0.4, -0.2) is 42.2 Å². The second kappa shape index (κ2) is 6.89. The molecule has 0 aliphatic carbocycles. The summed E-state index contributed by atoms with van der Waals surface area (Å²) >= 11 is 1.24. The summed E-state index contributed by atoms with van der Waals surface area (Å²) in [6.07, 6.45) is 1.36. The third-order valence-corrected chi connectivity index (χ3v) is 3.52. The van der Waals surface area contributed by atoms with Crippen molar-refractivity contribution in [3.63, 3.8) is 0 Å². The highest BCUT2D eigenvalue weighted by atomic mass is 32.2. The van der Waals surface area contributed by atoms with E-state index in [1.54, 1.807) is 0 Å². The molecule has 0 spiro atoms. The minimum absolute atomic E-state index is 0.0865. The molecule has 0 bridgehead atoms. The second-order valence-electron chi connectivity index (χ2n) is 4.01. The molecule has 1 fully saturated rings. The third kappa shape index (κ3) is 3.52. The molecule has 0 atom stereocenters. The molecule has 0 radical (unpaired) electrons. The monoisotopic (exact) mass is 324 g/mol. The summed E-state index contributed by atoms with van der Waals surface area (Å²) < 4.78 is 10.1. The Labute approximate surface area is 129 Å². The van der Waals surface area contributed by atoms with Crippen molar-refractivity contribution in [1.29, 1.82) is 0 Å². The number of nitrogens with one attached hydrogen (secondary N) is 1. The first kappa shape index (κ1) is 15.8. The van der Waals surface area contributed by atoms with Crippen molar-refractivity contribution in [3.05, 3.63) is 27.8 Å². The lowest BCUT2D eigenvalue weighted by atomic mass is 10.2. The predicted octanol–water partition coefficient (Wildman–Crippen LogP) is 1.16. The van der Waals surface area contributed by atoms with Crippen LogP contribution in [0.3, 0.4) is 0 Å². The maximum Gasteiger partial charge on any atom is 0.314 e. The Balaban J connectivity index is 2.30.